The van der Waals surface area contributed by atoms with Gasteiger partial charge in [0.2, 0.25) is 5.91 Å². The minimum atomic E-state index is -0.284. The Balaban J connectivity index is 2.34. The molecule has 1 heterocycles. The molecule has 1 N–H and O–H groups in total. The number of methoxy groups -OCH3 is 1. The van der Waals surface area contributed by atoms with Gasteiger partial charge in [0, 0.05) is 19.1 Å². The van der Waals surface area contributed by atoms with E-state index in [9.17, 15) is 9.59 Å². The predicted molar refractivity (Wildman–Crippen MR) is 66.1 cm³/mol. The summed E-state index contributed by atoms with van der Waals surface area (Å²) < 4.78 is 10.1. The summed E-state index contributed by atoms with van der Waals surface area (Å²) in [6.07, 6.45) is 0.0526. The van der Waals surface area contributed by atoms with Crippen LogP contribution >= 0.6 is 0 Å². The lowest BCUT2D eigenvalue weighted by molar-refractivity contribution is -0.145. The van der Waals surface area contributed by atoms with E-state index in [4.69, 9.17) is 4.74 Å². The number of esters is 1. The van der Waals surface area contributed by atoms with Crippen molar-refractivity contribution >= 4 is 11.9 Å². The Morgan fingerprint density at radius 3 is 2.83 bits per heavy atom. The van der Waals surface area contributed by atoms with E-state index in [-0.39, 0.29) is 30.4 Å². The summed E-state index contributed by atoms with van der Waals surface area (Å²) in [6.45, 7) is 6.04. The van der Waals surface area contributed by atoms with Crippen LogP contribution in [0.25, 0.3) is 0 Å². The largest absolute Gasteiger partial charge is 0.469 e. The molecule has 0 spiro atoms. The summed E-state index contributed by atoms with van der Waals surface area (Å²) in [5.41, 5.74) is 0. The number of carbonyl (C=O) groups is 2. The maximum absolute atomic E-state index is 11.6. The van der Waals surface area contributed by atoms with Crippen LogP contribution in [0.5, 0.6) is 0 Å². The van der Waals surface area contributed by atoms with Crippen molar-refractivity contribution in [1.29, 1.82) is 0 Å². The molecule has 0 aromatic carbocycles. The molecule has 0 radical (unpaired) electrons. The number of nitrogens with one attached hydrogen (secondary N) is 1. The van der Waals surface area contributed by atoms with Crippen LogP contribution in [-0.4, -0.2) is 62.3 Å². The minimum absolute atomic E-state index is 0.00344. The summed E-state index contributed by atoms with van der Waals surface area (Å²) in [7, 11) is 1.36. The molecule has 104 valence electrons. The Hall–Kier alpha value is -1.14. The zero-order valence-corrected chi connectivity index (χ0v) is 11.3. The van der Waals surface area contributed by atoms with Gasteiger partial charge in [-0.3, -0.25) is 14.5 Å². The lowest BCUT2D eigenvalue weighted by atomic mass is 10.2. The number of nitrogens with zero attached hydrogens (tertiary/aromatic N) is 1. The van der Waals surface area contributed by atoms with Gasteiger partial charge in [-0.25, -0.2) is 0 Å². The highest BCUT2D eigenvalue weighted by Gasteiger charge is 2.24. The zero-order chi connectivity index (χ0) is 13.5. The molecule has 1 saturated heterocycles. The van der Waals surface area contributed by atoms with Gasteiger partial charge in [0.25, 0.3) is 0 Å². The summed E-state index contributed by atoms with van der Waals surface area (Å²) in [5, 5.41) is 2.84. The van der Waals surface area contributed by atoms with Crippen molar-refractivity contribution in [1.82, 2.24) is 10.2 Å². The molecule has 0 aliphatic carbocycles. The highest BCUT2D eigenvalue weighted by Crippen LogP contribution is 2.09. The van der Waals surface area contributed by atoms with Crippen LogP contribution in [0.15, 0.2) is 0 Å². The minimum Gasteiger partial charge on any atom is -0.469 e. The molecule has 1 aliphatic heterocycles. The van der Waals surface area contributed by atoms with Crippen molar-refractivity contribution < 1.29 is 19.1 Å². The first-order valence-electron chi connectivity index (χ1n) is 6.21. The molecule has 1 aliphatic rings. The summed E-state index contributed by atoms with van der Waals surface area (Å²) in [4.78, 5) is 24.8. The first-order valence-corrected chi connectivity index (χ1v) is 6.21. The highest BCUT2D eigenvalue weighted by molar-refractivity contribution is 5.78. The molecule has 1 fully saturated rings. The van der Waals surface area contributed by atoms with E-state index in [2.05, 4.69) is 10.1 Å². The Morgan fingerprint density at radius 2 is 2.22 bits per heavy atom. The van der Waals surface area contributed by atoms with E-state index in [1.807, 2.05) is 18.7 Å². The van der Waals surface area contributed by atoms with E-state index >= 15 is 0 Å². The second-order valence-electron chi connectivity index (χ2n) is 4.73. The van der Waals surface area contributed by atoms with Gasteiger partial charge in [-0.15, -0.1) is 0 Å². The Bertz CT molecular complexity index is 294. The number of amides is 1. The van der Waals surface area contributed by atoms with Gasteiger partial charge in [-0.2, -0.15) is 0 Å². The third-order valence-corrected chi connectivity index (χ3v) is 2.66. The molecule has 1 atom stereocenters. The monoisotopic (exact) mass is 258 g/mol. The first-order chi connectivity index (χ1) is 8.51. The number of hydrogen-bond acceptors (Lipinski definition) is 5. The Labute approximate surface area is 108 Å². The smallest absolute Gasteiger partial charge is 0.308 e. The molecule has 0 aromatic rings. The van der Waals surface area contributed by atoms with E-state index in [0.717, 1.165) is 0 Å². The van der Waals surface area contributed by atoms with Crippen LogP contribution in [0, 0.1) is 0 Å². The van der Waals surface area contributed by atoms with Crippen molar-refractivity contribution in [2.45, 2.75) is 32.4 Å². The molecule has 1 unspecified atom stereocenters. The standard InChI is InChI=1S/C12H22N2O4/c1-9(2)13-11(15)8-14-4-5-18-10(7-14)6-12(16)17-3/h9-10H,4-8H2,1-3H3,(H,13,15). The van der Waals surface area contributed by atoms with Crippen LogP contribution in [0.1, 0.15) is 20.3 Å². The van der Waals surface area contributed by atoms with Crippen molar-refractivity contribution in [2.75, 3.05) is 33.4 Å². The topological polar surface area (TPSA) is 67.9 Å². The summed E-state index contributed by atoms with van der Waals surface area (Å²) >= 11 is 0. The SMILES string of the molecule is COC(=O)CC1CN(CC(=O)NC(C)C)CCO1. The van der Waals surface area contributed by atoms with Gasteiger partial charge in [-0.1, -0.05) is 0 Å². The molecule has 0 saturated carbocycles. The predicted octanol–water partition coefficient (Wildman–Crippen LogP) is -0.225. The lowest BCUT2D eigenvalue weighted by Gasteiger charge is -2.32. The molecular formula is C12H22N2O4. The number of carbonyl (C=O) groups excluding carboxylic acids is 2. The zero-order valence-electron chi connectivity index (χ0n) is 11.3. The van der Waals surface area contributed by atoms with Gasteiger partial charge in [0.1, 0.15) is 0 Å². The number of morpholine rings is 1. The molecule has 18 heavy (non-hydrogen) atoms. The maximum Gasteiger partial charge on any atom is 0.308 e. The molecule has 0 aromatic heterocycles. The maximum atomic E-state index is 11.6. The number of hydrogen-bond donors (Lipinski definition) is 1. The second-order valence-corrected chi connectivity index (χ2v) is 4.73. The van der Waals surface area contributed by atoms with Crippen molar-refractivity contribution in [2.24, 2.45) is 0 Å². The number of rotatable bonds is 5. The lowest BCUT2D eigenvalue weighted by Crippen LogP contribution is -2.48. The van der Waals surface area contributed by atoms with Crippen LogP contribution in [0.3, 0.4) is 0 Å². The van der Waals surface area contributed by atoms with Crippen molar-refractivity contribution in [3.05, 3.63) is 0 Å². The van der Waals surface area contributed by atoms with Gasteiger partial charge in [-0.05, 0) is 13.8 Å². The second kappa shape index (κ2) is 7.33. The van der Waals surface area contributed by atoms with E-state index in [1.165, 1.54) is 7.11 Å². The summed E-state index contributed by atoms with van der Waals surface area (Å²) in [6, 6.07) is 0.143. The molecule has 6 nitrogen and oxygen atoms in total. The third-order valence-electron chi connectivity index (χ3n) is 2.66. The van der Waals surface area contributed by atoms with Crippen LogP contribution in [0.2, 0.25) is 0 Å². The Kier molecular flexibility index (Phi) is 6.07. The average molecular weight is 258 g/mol. The van der Waals surface area contributed by atoms with Gasteiger partial charge < -0.3 is 14.8 Å². The quantitative estimate of drug-likeness (QED) is 0.690. The van der Waals surface area contributed by atoms with Crippen molar-refractivity contribution in [3.8, 4) is 0 Å². The fourth-order valence-corrected chi connectivity index (χ4v) is 1.89. The fourth-order valence-electron chi connectivity index (χ4n) is 1.89. The molecule has 6 heteroatoms. The van der Waals surface area contributed by atoms with Crippen molar-refractivity contribution in [3.63, 3.8) is 0 Å². The van der Waals surface area contributed by atoms with Gasteiger partial charge >= 0.3 is 5.97 Å². The molecule has 0 bridgehead atoms. The normalized spacial score (nSPS) is 20.8. The molecule has 1 amide bonds. The molecule has 1 rings (SSSR count). The highest BCUT2D eigenvalue weighted by atomic mass is 16.5. The Morgan fingerprint density at radius 1 is 1.50 bits per heavy atom. The third kappa shape index (κ3) is 5.46. The summed E-state index contributed by atoms with van der Waals surface area (Å²) in [5.74, 6) is -0.280. The first kappa shape index (κ1) is 14.9. The van der Waals surface area contributed by atoms with Gasteiger partial charge in [0.05, 0.1) is 32.8 Å². The van der Waals surface area contributed by atoms with Crippen LogP contribution in [-0.2, 0) is 19.1 Å². The van der Waals surface area contributed by atoms with Gasteiger partial charge in [0.15, 0.2) is 0 Å². The van der Waals surface area contributed by atoms with Crippen LogP contribution in [0.4, 0.5) is 0 Å². The molecular weight excluding hydrogens is 236 g/mol. The van der Waals surface area contributed by atoms with E-state index in [0.29, 0.717) is 26.2 Å². The van der Waals surface area contributed by atoms with Crippen LogP contribution < -0.4 is 5.32 Å². The number of ether oxygens (including phenoxy) is 2. The van der Waals surface area contributed by atoms with E-state index in [1.54, 1.807) is 0 Å². The van der Waals surface area contributed by atoms with E-state index < -0.39 is 0 Å². The average Bonchev–Trinajstić information content (AvgIpc) is 2.28. The fraction of sp³-hybridized carbons (Fsp3) is 0.833.